The number of carbonyl (C=O) groups is 1. The quantitative estimate of drug-likeness (QED) is 0.661. The lowest BCUT2D eigenvalue weighted by atomic mass is 10.1. The minimum atomic E-state index is -2.95. The number of thioether (sulfide) groups is 1. The van der Waals surface area contributed by atoms with E-state index in [0.717, 1.165) is 18.7 Å². The second-order valence-corrected chi connectivity index (χ2v) is 6.21. The summed E-state index contributed by atoms with van der Waals surface area (Å²) in [5.74, 6) is -2.68. The van der Waals surface area contributed by atoms with Crippen LogP contribution in [0.3, 0.4) is 0 Å². The summed E-state index contributed by atoms with van der Waals surface area (Å²) in [5, 5.41) is 3.98. The third kappa shape index (κ3) is 3.68. The monoisotopic (exact) mass is 345 g/mol. The molecular weight excluding hydrogens is 332 g/mol. The van der Waals surface area contributed by atoms with Crippen LogP contribution in [0.25, 0.3) is 5.82 Å². The molecule has 7 heteroatoms. The highest BCUT2D eigenvalue weighted by atomic mass is 32.2. The third-order valence-corrected chi connectivity index (χ3v) is 4.13. The molecule has 0 saturated carbocycles. The van der Waals surface area contributed by atoms with Crippen LogP contribution in [0.1, 0.15) is 22.8 Å². The molecule has 0 saturated heterocycles. The SMILES string of the molecule is CC(F)(F)c1ccnc(-n2cc(SC(=O)c3ccccc3)cn2)c1. The zero-order valence-corrected chi connectivity index (χ0v) is 13.5. The minimum Gasteiger partial charge on any atom is -0.281 e. The van der Waals surface area contributed by atoms with Crippen molar-refractivity contribution in [2.24, 2.45) is 0 Å². The molecule has 0 amide bonds. The lowest BCUT2D eigenvalue weighted by Gasteiger charge is -2.11. The van der Waals surface area contributed by atoms with E-state index < -0.39 is 5.92 Å². The standard InChI is InChI=1S/C17H13F2N3OS/c1-17(18,19)13-7-8-20-15(9-13)22-11-14(10-21-22)24-16(23)12-5-3-2-4-6-12/h2-11H,1H3. The number of hydrogen-bond donors (Lipinski definition) is 0. The lowest BCUT2D eigenvalue weighted by molar-refractivity contribution is 0.0173. The van der Waals surface area contributed by atoms with Gasteiger partial charge in [-0.3, -0.25) is 4.79 Å². The summed E-state index contributed by atoms with van der Waals surface area (Å²) >= 11 is 1.02. The molecule has 2 aromatic heterocycles. The summed E-state index contributed by atoms with van der Waals surface area (Å²) in [6, 6.07) is 11.4. The first kappa shape index (κ1) is 16.3. The predicted octanol–water partition coefficient (Wildman–Crippen LogP) is 4.31. The van der Waals surface area contributed by atoms with E-state index in [1.807, 2.05) is 6.07 Å². The molecule has 1 aromatic carbocycles. The molecule has 24 heavy (non-hydrogen) atoms. The highest BCUT2D eigenvalue weighted by Crippen LogP contribution is 2.28. The van der Waals surface area contributed by atoms with Gasteiger partial charge in [-0.1, -0.05) is 30.3 Å². The van der Waals surface area contributed by atoms with E-state index >= 15 is 0 Å². The van der Waals surface area contributed by atoms with Gasteiger partial charge in [0.2, 0.25) is 5.12 Å². The normalized spacial score (nSPS) is 11.5. The van der Waals surface area contributed by atoms with E-state index in [4.69, 9.17) is 0 Å². The van der Waals surface area contributed by atoms with Crippen molar-refractivity contribution in [3.8, 4) is 5.82 Å². The summed E-state index contributed by atoms with van der Waals surface area (Å²) in [6.07, 6.45) is 4.40. The average Bonchev–Trinajstić information content (AvgIpc) is 3.03. The van der Waals surface area contributed by atoms with E-state index in [0.29, 0.717) is 10.5 Å². The first-order chi connectivity index (χ1) is 11.4. The number of hydrogen-bond acceptors (Lipinski definition) is 4. The van der Waals surface area contributed by atoms with Crippen LogP contribution in [-0.2, 0) is 5.92 Å². The summed E-state index contributed by atoms with van der Waals surface area (Å²) in [4.78, 5) is 16.8. The predicted molar refractivity (Wildman–Crippen MR) is 87.6 cm³/mol. The van der Waals surface area contributed by atoms with Gasteiger partial charge in [0.1, 0.15) is 0 Å². The minimum absolute atomic E-state index is 0.114. The molecule has 0 bridgehead atoms. The van der Waals surface area contributed by atoms with Crippen molar-refractivity contribution in [1.82, 2.24) is 14.8 Å². The van der Waals surface area contributed by atoms with Gasteiger partial charge in [0.15, 0.2) is 5.82 Å². The van der Waals surface area contributed by atoms with Crippen molar-refractivity contribution >= 4 is 16.9 Å². The molecule has 0 aliphatic heterocycles. The molecule has 3 aromatic rings. The molecule has 0 aliphatic rings. The molecule has 0 atom stereocenters. The van der Waals surface area contributed by atoms with Crippen molar-refractivity contribution in [1.29, 1.82) is 0 Å². The van der Waals surface area contributed by atoms with Crippen LogP contribution in [0, 0.1) is 0 Å². The zero-order chi connectivity index (χ0) is 17.2. The van der Waals surface area contributed by atoms with Gasteiger partial charge in [-0.05, 0) is 23.9 Å². The van der Waals surface area contributed by atoms with E-state index in [9.17, 15) is 13.6 Å². The molecule has 0 radical (unpaired) electrons. The maximum Gasteiger partial charge on any atom is 0.270 e. The largest absolute Gasteiger partial charge is 0.281 e. The second-order valence-electron chi connectivity index (χ2n) is 5.17. The Balaban J connectivity index is 1.80. The van der Waals surface area contributed by atoms with Gasteiger partial charge in [0.05, 0.1) is 11.1 Å². The fourth-order valence-electron chi connectivity index (χ4n) is 2.04. The summed E-state index contributed by atoms with van der Waals surface area (Å²) < 4.78 is 28.2. The number of halogens is 2. The van der Waals surface area contributed by atoms with Crippen molar-refractivity contribution in [2.45, 2.75) is 17.7 Å². The highest BCUT2D eigenvalue weighted by Gasteiger charge is 2.24. The molecule has 0 spiro atoms. The van der Waals surface area contributed by atoms with Crippen molar-refractivity contribution in [3.63, 3.8) is 0 Å². The Labute approximate surface area is 141 Å². The van der Waals surface area contributed by atoms with E-state index in [1.165, 1.54) is 29.2 Å². The molecule has 0 N–H and O–H groups in total. The molecule has 0 fully saturated rings. The smallest absolute Gasteiger partial charge is 0.270 e. The fourth-order valence-corrected chi connectivity index (χ4v) is 2.76. The van der Waals surface area contributed by atoms with Gasteiger partial charge in [-0.2, -0.15) is 5.10 Å². The number of nitrogens with zero attached hydrogens (tertiary/aromatic N) is 3. The van der Waals surface area contributed by atoms with Crippen LogP contribution in [0.4, 0.5) is 8.78 Å². The Morgan fingerprint density at radius 2 is 1.96 bits per heavy atom. The topological polar surface area (TPSA) is 47.8 Å². The fraction of sp³-hybridized carbons (Fsp3) is 0.118. The number of carbonyl (C=O) groups excluding carboxylic acids is 1. The molecule has 2 heterocycles. The number of pyridine rings is 1. The lowest BCUT2D eigenvalue weighted by Crippen LogP contribution is -2.09. The molecule has 0 aliphatic carbocycles. The highest BCUT2D eigenvalue weighted by molar-refractivity contribution is 8.14. The van der Waals surface area contributed by atoms with Gasteiger partial charge in [-0.15, -0.1) is 0 Å². The molecular formula is C17H13F2N3OS. The Morgan fingerprint density at radius 1 is 1.21 bits per heavy atom. The Bertz CT molecular complexity index is 860. The first-order valence-electron chi connectivity index (χ1n) is 7.10. The molecule has 122 valence electrons. The first-order valence-corrected chi connectivity index (χ1v) is 7.92. The summed E-state index contributed by atoms with van der Waals surface area (Å²) in [6.45, 7) is 0.828. The number of benzene rings is 1. The Kier molecular flexibility index (Phi) is 4.44. The van der Waals surface area contributed by atoms with E-state index in [1.54, 1.807) is 30.5 Å². The van der Waals surface area contributed by atoms with Crippen LogP contribution < -0.4 is 0 Å². The summed E-state index contributed by atoms with van der Waals surface area (Å²) in [5.41, 5.74) is 0.443. The third-order valence-electron chi connectivity index (χ3n) is 3.27. The van der Waals surface area contributed by atoms with E-state index in [2.05, 4.69) is 10.1 Å². The van der Waals surface area contributed by atoms with Crippen LogP contribution in [0.2, 0.25) is 0 Å². The summed E-state index contributed by atoms with van der Waals surface area (Å²) in [7, 11) is 0. The van der Waals surface area contributed by atoms with Crippen molar-refractivity contribution in [3.05, 3.63) is 72.2 Å². The zero-order valence-electron chi connectivity index (χ0n) is 12.7. The van der Waals surface area contributed by atoms with Crippen LogP contribution in [0.15, 0.2) is 66.0 Å². The van der Waals surface area contributed by atoms with Crippen molar-refractivity contribution < 1.29 is 13.6 Å². The van der Waals surface area contributed by atoms with Gasteiger partial charge in [0.25, 0.3) is 5.92 Å². The molecule has 0 unspecified atom stereocenters. The van der Waals surface area contributed by atoms with Gasteiger partial charge in [-0.25, -0.2) is 18.4 Å². The van der Waals surface area contributed by atoms with Crippen molar-refractivity contribution in [2.75, 3.05) is 0 Å². The number of aromatic nitrogens is 3. The second kappa shape index (κ2) is 6.52. The van der Waals surface area contributed by atoms with Gasteiger partial charge in [0, 0.05) is 30.4 Å². The maximum absolute atomic E-state index is 13.4. The van der Waals surface area contributed by atoms with E-state index in [-0.39, 0.29) is 16.5 Å². The Hall–Kier alpha value is -2.54. The van der Waals surface area contributed by atoms with Gasteiger partial charge >= 0.3 is 0 Å². The molecule has 4 nitrogen and oxygen atoms in total. The van der Waals surface area contributed by atoms with Gasteiger partial charge < -0.3 is 0 Å². The van der Waals surface area contributed by atoms with Crippen LogP contribution in [0.5, 0.6) is 0 Å². The molecule has 3 rings (SSSR count). The Morgan fingerprint density at radius 3 is 2.67 bits per heavy atom. The number of alkyl halides is 2. The van der Waals surface area contributed by atoms with Crippen LogP contribution >= 0.6 is 11.8 Å². The maximum atomic E-state index is 13.4. The number of rotatable bonds is 4. The van der Waals surface area contributed by atoms with Crippen LogP contribution in [-0.4, -0.2) is 19.9 Å². The average molecular weight is 345 g/mol.